The Kier molecular flexibility index (Phi) is 5.09. The number of aromatic amines is 1. The number of aliphatic hydroxyl groups is 1. The molecule has 1 fully saturated rings. The van der Waals surface area contributed by atoms with Crippen molar-refractivity contribution in [3.05, 3.63) is 26.9 Å². The number of esters is 1. The van der Waals surface area contributed by atoms with Crippen LogP contribution in [-0.2, 0) is 20.7 Å². The molecule has 2 rings (SSSR count). The Balaban J connectivity index is 2.28. The molecule has 1 aliphatic rings. The molecule has 1 aromatic rings. The Morgan fingerprint density at radius 1 is 1.64 bits per heavy atom. The number of nitrogens with one attached hydrogen (secondary N) is 1. The van der Waals surface area contributed by atoms with Gasteiger partial charge in [0.1, 0.15) is 23.5 Å². The molecule has 0 saturated carbocycles. The molecule has 1 saturated heterocycles. The zero-order valence-electron chi connectivity index (χ0n) is 12.1. The second kappa shape index (κ2) is 6.67. The van der Waals surface area contributed by atoms with Gasteiger partial charge in [-0.1, -0.05) is 19.1 Å². The average Bonchev–Trinajstić information content (AvgIpc) is 2.73. The molecule has 0 aromatic carbocycles. The maximum absolute atomic E-state index is 14.2. The maximum atomic E-state index is 14.2. The predicted molar refractivity (Wildman–Crippen MR) is 76.7 cm³/mol. The van der Waals surface area contributed by atoms with Gasteiger partial charge in [-0.25, -0.2) is 9.18 Å². The van der Waals surface area contributed by atoms with Gasteiger partial charge in [-0.2, -0.15) is 0 Å². The third-order valence-electron chi connectivity index (χ3n) is 3.44. The Morgan fingerprint density at radius 3 is 2.91 bits per heavy atom. The molecular formula is C13H17FN2O5S. The molecule has 4 atom stereocenters. The highest BCUT2D eigenvalue weighted by Gasteiger charge is 2.46. The Labute approximate surface area is 130 Å². The minimum Gasteiger partial charge on any atom is -0.463 e. The van der Waals surface area contributed by atoms with Gasteiger partial charge in [-0.3, -0.25) is 14.3 Å². The predicted octanol–water partition coefficient (Wildman–Crippen LogP) is 0.628. The highest BCUT2D eigenvalue weighted by atomic mass is 32.1. The van der Waals surface area contributed by atoms with E-state index in [9.17, 15) is 19.1 Å². The number of rotatable bonds is 4. The van der Waals surface area contributed by atoms with Crippen molar-refractivity contribution >= 4 is 18.2 Å². The Bertz CT molecular complexity index is 673. The fourth-order valence-electron chi connectivity index (χ4n) is 2.23. The number of ether oxygens (including phenoxy) is 2. The number of nitrogens with zero attached hydrogens (tertiary/aromatic N) is 1. The molecule has 122 valence electrons. The summed E-state index contributed by atoms with van der Waals surface area (Å²) in [4.78, 5) is 25.2. The lowest BCUT2D eigenvalue weighted by atomic mass is 10.1. The van der Waals surface area contributed by atoms with Crippen LogP contribution in [0.4, 0.5) is 4.39 Å². The summed E-state index contributed by atoms with van der Waals surface area (Å²) in [7, 11) is 0. The van der Waals surface area contributed by atoms with E-state index in [-0.39, 0.29) is 11.2 Å². The van der Waals surface area contributed by atoms with Crippen LogP contribution in [0.3, 0.4) is 0 Å². The quantitative estimate of drug-likeness (QED) is 0.620. The van der Waals surface area contributed by atoms with Crippen LogP contribution < -0.4 is 5.69 Å². The van der Waals surface area contributed by atoms with Crippen molar-refractivity contribution in [1.82, 2.24) is 9.55 Å². The van der Waals surface area contributed by atoms with Crippen molar-refractivity contribution in [1.29, 1.82) is 0 Å². The fraction of sp³-hybridized carbons (Fsp3) is 0.615. The summed E-state index contributed by atoms with van der Waals surface area (Å²) in [5.74, 6) is -0.566. The topological polar surface area (TPSA) is 93.5 Å². The Morgan fingerprint density at radius 2 is 2.32 bits per heavy atom. The number of halogens is 1. The molecule has 2 N–H and O–H groups in total. The molecule has 1 aromatic heterocycles. The number of aliphatic hydroxyl groups excluding tert-OH is 1. The molecule has 0 spiro atoms. The first kappa shape index (κ1) is 16.8. The summed E-state index contributed by atoms with van der Waals surface area (Å²) in [5, 5.41) is 9.84. The van der Waals surface area contributed by atoms with Crippen LogP contribution in [0.5, 0.6) is 0 Å². The van der Waals surface area contributed by atoms with E-state index >= 15 is 0 Å². The molecule has 7 nitrogen and oxygen atoms in total. The lowest BCUT2D eigenvalue weighted by Gasteiger charge is -2.17. The standard InChI is InChI=1S/C13H17FN2O5S/c1-3-7-4-16(13(19)15-11(7)22)12-9(14)10(18)8(21-12)5-20-6(2)17/h4,8-10,12,18H,3,5H2,1-2H3,(H,15,19,22). The van der Waals surface area contributed by atoms with Crippen molar-refractivity contribution in [2.45, 2.75) is 44.9 Å². The van der Waals surface area contributed by atoms with E-state index in [0.717, 1.165) is 4.57 Å². The van der Waals surface area contributed by atoms with E-state index in [1.165, 1.54) is 13.1 Å². The zero-order chi connectivity index (χ0) is 16.4. The number of carbonyl (C=O) groups excluding carboxylic acids is 1. The van der Waals surface area contributed by atoms with E-state index in [0.29, 0.717) is 12.0 Å². The second-order valence-corrected chi connectivity index (χ2v) is 5.39. The highest BCUT2D eigenvalue weighted by Crippen LogP contribution is 2.31. The molecule has 0 radical (unpaired) electrons. The van der Waals surface area contributed by atoms with Crippen LogP contribution >= 0.6 is 12.2 Å². The van der Waals surface area contributed by atoms with Crippen molar-refractivity contribution in [2.75, 3.05) is 6.61 Å². The zero-order valence-corrected chi connectivity index (χ0v) is 12.9. The SMILES string of the molecule is CCc1cn(C2OC(COC(C)=O)C(O)C2F)c(=O)[nH]c1=S. The van der Waals surface area contributed by atoms with Gasteiger partial charge in [0.25, 0.3) is 0 Å². The monoisotopic (exact) mass is 332 g/mol. The van der Waals surface area contributed by atoms with Gasteiger partial charge in [0, 0.05) is 18.7 Å². The highest BCUT2D eigenvalue weighted by molar-refractivity contribution is 7.71. The Hall–Kier alpha value is -1.58. The summed E-state index contributed by atoms with van der Waals surface area (Å²) in [5.41, 5.74) is 0.0264. The van der Waals surface area contributed by atoms with Crippen LogP contribution in [0, 0.1) is 4.64 Å². The van der Waals surface area contributed by atoms with Crippen molar-refractivity contribution in [2.24, 2.45) is 0 Å². The van der Waals surface area contributed by atoms with E-state index in [1.807, 2.05) is 6.92 Å². The molecule has 0 bridgehead atoms. The summed E-state index contributed by atoms with van der Waals surface area (Å²) in [6, 6.07) is 0. The molecule has 2 heterocycles. The normalized spacial score (nSPS) is 27.8. The number of hydrogen-bond donors (Lipinski definition) is 2. The van der Waals surface area contributed by atoms with Gasteiger partial charge in [-0.05, 0) is 6.42 Å². The lowest BCUT2D eigenvalue weighted by Crippen LogP contribution is -2.34. The number of aromatic nitrogens is 2. The van der Waals surface area contributed by atoms with E-state index in [1.54, 1.807) is 0 Å². The lowest BCUT2D eigenvalue weighted by molar-refractivity contribution is -0.147. The van der Waals surface area contributed by atoms with E-state index in [2.05, 4.69) is 4.98 Å². The minimum absolute atomic E-state index is 0.286. The summed E-state index contributed by atoms with van der Waals surface area (Å²) in [6.07, 6.45) is -3.70. The number of hydrogen-bond acceptors (Lipinski definition) is 6. The number of H-pyrrole nitrogens is 1. The smallest absolute Gasteiger partial charge is 0.328 e. The average molecular weight is 332 g/mol. The summed E-state index contributed by atoms with van der Waals surface area (Å²) in [6.45, 7) is 2.75. The van der Waals surface area contributed by atoms with Crippen LogP contribution in [0.1, 0.15) is 25.6 Å². The maximum Gasteiger partial charge on any atom is 0.328 e. The number of aryl methyl sites for hydroxylation is 1. The molecule has 9 heteroatoms. The third kappa shape index (κ3) is 3.26. The van der Waals surface area contributed by atoms with Crippen LogP contribution in [-0.4, -0.2) is 45.6 Å². The molecule has 4 unspecified atom stereocenters. The fourth-order valence-corrected chi connectivity index (χ4v) is 2.52. The van der Waals surface area contributed by atoms with Gasteiger partial charge in [0.15, 0.2) is 12.4 Å². The first-order chi connectivity index (χ1) is 10.3. The van der Waals surface area contributed by atoms with Crippen molar-refractivity contribution in [3.63, 3.8) is 0 Å². The first-order valence-corrected chi connectivity index (χ1v) is 7.21. The molecule has 1 aliphatic heterocycles. The van der Waals surface area contributed by atoms with Crippen LogP contribution in [0.2, 0.25) is 0 Å². The van der Waals surface area contributed by atoms with Gasteiger partial charge >= 0.3 is 11.7 Å². The van der Waals surface area contributed by atoms with E-state index < -0.39 is 36.3 Å². The van der Waals surface area contributed by atoms with Crippen LogP contribution in [0.25, 0.3) is 0 Å². The number of alkyl halides is 1. The molecular weight excluding hydrogens is 315 g/mol. The number of carbonyl (C=O) groups is 1. The molecule has 0 aliphatic carbocycles. The van der Waals surface area contributed by atoms with Gasteiger partial charge in [0.2, 0.25) is 0 Å². The largest absolute Gasteiger partial charge is 0.463 e. The first-order valence-electron chi connectivity index (χ1n) is 6.80. The van der Waals surface area contributed by atoms with Gasteiger partial charge in [-0.15, -0.1) is 0 Å². The van der Waals surface area contributed by atoms with Crippen LogP contribution in [0.15, 0.2) is 11.0 Å². The third-order valence-corrected chi connectivity index (χ3v) is 3.81. The van der Waals surface area contributed by atoms with Crippen molar-refractivity contribution < 1.29 is 23.8 Å². The summed E-state index contributed by atoms with van der Waals surface area (Å²) < 4.78 is 25.6. The molecule has 22 heavy (non-hydrogen) atoms. The van der Waals surface area contributed by atoms with Gasteiger partial charge < -0.3 is 14.6 Å². The summed E-state index contributed by atoms with van der Waals surface area (Å²) >= 11 is 5.01. The van der Waals surface area contributed by atoms with Crippen molar-refractivity contribution in [3.8, 4) is 0 Å². The second-order valence-electron chi connectivity index (χ2n) is 4.98. The molecule has 0 amide bonds. The van der Waals surface area contributed by atoms with E-state index in [4.69, 9.17) is 21.7 Å². The van der Waals surface area contributed by atoms with Gasteiger partial charge in [0.05, 0.1) is 0 Å². The minimum atomic E-state index is -1.83.